The van der Waals surface area contributed by atoms with Crippen LogP contribution in [-0.4, -0.2) is 41.5 Å². The van der Waals surface area contributed by atoms with E-state index in [1.165, 1.54) is 0 Å². The van der Waals surface area contributed by atoms with Crippen molar-refractivity contribution in [1.29, 1.82) is 0 Å². The smallest absolute Gasteiger partial charge is 0.316 e. The van der Waals surface area contributed by atoms with Crippen molar-refractivity contribution >= 4 is 17.7 Å². The van der Waals surface area contributed by atoms with Crippen molar-refractivity contribution in [3.8, 4) is 11.5 Å². The van der Waals surface area contributed by atoms with Crippen LogP contribution in [0.4, 0.5) is 0 Å². The summed E-state index contributed by atoms with van der Waals surface area (Å²) in [7, 11) is 0. The lowest BCUT2D eigenvalue weighted by molar-refractivity contribution is -0.136. The number of hydrogen-bond acceptors (Lipinski definition) is 6. The molecule has 0 aromatic carbocycles. The lowest BCUT2D eigenvalue weighted by Crippen LogP contribution is -2.11. The van der Waals surface area contributed by atoms with Gasteiger partial charge in [-0.1, -0.05) is 11.8 Å². The molecule has 0 saturated carbocycles. The molecule has 2 rings (SSSR count). The number of rotatable bonds is 4. The molecule has 2 N–H and O–H groups in total. The van der Waals surface area contributed by atoms with Crippen LogP contribution in [0.15, 0.2) is 23.7 Å². The summed E-state index contributed by atoms with van der Waals surface area (Å²) in [4.78, 5) is 22.8. The first-order chi connectivity index (χ1) is 8.16. The summed E-state index contributed by atoms with van der Waals surface area (Å²) in [6.07, 6.45) is 4.65. The highest BCUT2D eigenvalue weighted by Gasteiger charge is 2.16. The van der Waals surface area contributed by atoms with Gasteiger partial charge in [0.15, 0.2) is 5.82 Å². The maximum atomic E-state index is 10.7. The van der Waals surface area contributed by atoms with Crippen molar-refractivity contribution in [2.45, 2.75) is 17.3 Å². The van der Waals surface area contributed by atoms with E-state index in [1.807, 2.05) is 0 Å². The molecule has 2 heterocycles. The number of carbonyl (C=O) groups is 1. The lowest BCUT2D eigenvalue weighted by Gasteiger charge is -1.99. The molecule has 0 aliphatic rings. The molecule has 1 unspecified atom stereocenters. The second-order valence-electron chi connectivity index (χ2n) is 3.16. The van der Waals surface area contributed by atoms with Crippen LogP contribution in [0.25, 0.3) is 11.5 Å². The van der Waals surface area contributed by atoms with E-state index in [-0.39, 0.29) is 0 Å². The number of hydrogen-bond donors (Lipinski definition) is 2. The summed E-state index contributed by atoms with van der Waals surface area (Å²) in [6, 6.07) is 0. The van der Waals surface area contributed by atoms with E-state index in [4.69, 9.17) is 5.11 Å². The maximum absolute atomic E-state index is 10.7. The molecule has 0 amide bonds. The second kappa shape index (κ2) is 4.91. The zero-order valence-electron chi connectivity index (χ0n) is 8.86. The van der Waals surface area contributed by atoms with Crippen LogP contribution in [0.5, 0.6) is 0 Å². The number of H-pyrrole nitrogens is 1. The third kappa shape index (κ3) is 2.78. The topological polar surface area (TPSA) is 105 Å². The standard InChI is InChI=1S/C9H9N5O2S/c1-5(8(15)16)17-9-12-7(13-14-9)6-4-10-2-3-11-6/h2-5H,1H3,(H,15,16)(H,12,13,14). The summed E-state index contributed by atoms with van der Waals surface area (Å²) in [6.45, 7) is 1.57. The van der Waals surface area contributed by atoms with E-state index < -0.39 is 11.2 Å². The molecule has 88 valence electrons. The Morgan fingerprint density at radius 1 is 1.53 bits per heavy atom. The number of carboxylic acid groups (broad SMARTS) is 1. The number of aromatic amines is 1. The number of nitrogens with zero attached hydrogens (tertiary/aromatic N) is 4. The second-order valence-corrected chi connectivity index (χ2v) is 4.46. The van der Waals surface area contributed by atoms with Crippen molar-refractivity contribution in [3.63, 3.8) is 0 Å². The van der Waals surface area contributed by atoms with Crippen molar-refractivity contribution in [2.75, 3.05) is 0 Å². The predicted octanol–water partition coefficient (Wildman–Crippen LogP) is 0.827. The molecule has 2 aromatic heterocycles. The van der Waals surface area contributed by atoms with Crippen molar-refractivity contribution in [2.24, 2.45) is 0 Å². The monoisotopic (exact) mass is 251 g/mol. The van der Waals surface area contributed by atoms with Gasteiger partial charge < -0.3 is 5.11 Å². The number of carboxylic acids is 1. The summed E-state index contributed by atoms with van der Waals surface area (Å²) >= 11 is 1.07. The molecule has 0 aliphatic heterocycles. The van der Waals surface area contributed by atoms with Gasteiger partial charge in [-0.2, -0.15) is 4.98 Å². The molecule has 2 aromatic rings. The highest BCUT2D eigenvalue weighted by Crippen LogP contribution is 2.21. The van der Waals surface area contributed by atoms with Gasteiger partial charge in [0.2, 0.25) is 5.16 Å². The van der Waals surface area contributed by atoms with E-state index >= 15 is 0 Å². The van der Waals surface area contributed by atoms with Crippen molar-refractivity contribution in [3.05, 3.63) is 18.6 Å². The van der Waals surface area contributed by atoms with Gasteiger partial charge >= 0.3 is 5.97 Å². The Kier molecular flexibility index (Phi) is 3.33. The van der Waals surface area contributed by atoms with Gasteiger partial charge in [-0.15, -0.1) is 5.10 Å². The van der Waals surface area contributed by atoms with Crippen LogP contribution in [0.3, 0.4) is 0 Å². The Balaban J connectivity index is 2.14. The van der Waals surface area contributed by atoms with Crippen LogP contribution in [0.2, 0.25) is 0 Å². The minimum Gasteiger partial charge on any atom is -0.480 e. The summed E-state index contributed by atoms with van der Waals surface area (Å²) in [5.41, 5.74) is 0.565. The maximum Gasteiger partial charge on any atom is 0.316 e. The third-order valence-electron chi connectivity index (χ3n) is 1.90. The number of thioether (sulfide) groups is 1. The zero-order chi connectivity index (χ0) is 12.3. The summed E-state index contributed by atoms with van der Waals surface area (Å²) in [5.74, 6) is -0.431. The third-order valence-corrected chi connectivity index (χ3v) is 2.85. The quantitative estimate of drug-likeness (QED) is 0.775. The van der Waals surface area contributed by atoms with E-state index in [1.54, 1.807) is 25.5 Å². The highest BCUT2D eigenvalue weighted by atomic mass is 32.2. The molecular weight excluding hydrogens is 242 g/mol. The average Bonchev–Trinajstić information content (AvgIpc) is 2.78. The SMILES string of the molecule is CC(Sc1n[nH]c(-c2cnccn2)n1)C(=O)O. The first-order valence-corrected chi connectivity index (χ1v) is 5.63. The molecule has 0 spiro atoms. The molecule has 0 saturated heterocycles. The Labute approximate surface area is 101 Å². The van der Waals surface area contributed by atoms with Crippen LogP contribution in [0, 0.1) is 0 Å². The summed E-state index contributed by atoms with van der Waals surface area (Å²) in [5, 5.41) is 15.1. The molecular formula is C9H9N5O2S. The Morgan fingerprint density at radius 3 is 3.00 bits per heavy atom. The van der Waals surface area contributed by atoms with E-state index in [0.717, 1.165) is 11.8 Å². The number of aliphatic carboxylic acids is 1. The van der Waals surface area contributed by atoms with Crippen LogP contribution < -0.4 is 0 Å². The lowest BCUT2D eigenvalue weighted by atomic mass is 10.4. The normalized spacial score (nSPS) is 12.3. The Morgan fingerprint density at radius 2 is 2.35 bits per heavy atom. The Bertz CT molecular complexity index is 515. The van der Waals surface area contributed by atoms with Gasteiger partial charge in [0.05, 0.1) is 6.20 Å². The van der Waals surface area contributed by atoms with Crippen LogP contribution in [-0.2, 0) is 4.79 Å². The number of nitrogens with one attached hydrogen (secondary N) is 1. The summed E-state index contributed by atoms with van der Waals surface area (Å²) < 4.78 is 0. The van der Waals surface area contributed by atoms with Gasteiger partial charge in [0, 0.05) is 12.4 Å². The van der Waals surface area contributed by atoms with Crippen molar-refractivity contribution in [1.82, 2.24) is 25.1 Å². The molecule has 7 nitrogen and oxygen atoms in total. The van der Waals surface area contributed by atoms with Gasteiger partial charge in [-0.05, 0) is 6.92 Å². The predicted molar refractivity (Wildman–Crippen MR) is 60.4 cm³/mol. The Hall–Kier alpha value is -1.96. The minimum absolute atomic E-state index is 0.376. The van der Waals surface area contributed by atoms with Crippen molar-refractivity contribution < 1.29 is 9.90 Å². The van der Waals surface area contributed by atoms with E-state index in [9.17, 15) is 4.79 Å². The first-order valence-electron chi connectivity index (χ1n) is 4.75. The zero-order valence-corrected chi connectivity index (χ0v) is 9.68. The minimum atomic E-state index is -0.902. The molecule has 17 heavy (non-hydrogen) atoms. The molecule has 8 heteroatoms. The molecule has 0 fully saturated rings. The molecule has 0 aliphatic carbocycles. The first kappa shape index (κ1) is 11.5. The number of aromatic nitrogens is 5. The molecule has 0 radical (unpaired) electrons. The molecule has 0 bridgehead atoms. The fourth-order valence-electron chi connectivity index (χ4n) is 1.04. The highest BCUT2D eigenvalue weighted by molar-refractivity contribution is 8.00. The van der Waals surface area contributed by atoms with Gasteiger partial charge in [-0.25, -0.2) is 4.98 Å². The van der Waals surface area contributed by atoms with Gasteiger partial charge in [0.25, 0.3) is 0 Å². The van der Waals surface area contributed by atoms with Gasteiger partial charge in [-0.3, -0.25) is 14.9 Å². The fraction of sp³-hybridized carbons (Fsp3) is 0.222. The van der Waals surface area contributed by atoms with Crippen LogP contribution in [0.1, 0.15) is 6.92 Å². The average molecular weight is 251 g/mol. The van der Waals surface area contributed by atoms with E-state index in [0.29, 0.717) is 16.7 Å². The molecule has 1 atom stereocenters. The largest absolute Gasteiger partial charge is 0.480 e. The van der Waals surface area contributed by atoms with E-state index in [2.05, 4.69) is 25.1 Å². The van der Waals surface area contributed by atoms with Crippen LogP contribution >= 0.6 is 11.8 Å². The fourth-order valence-corrected chi connectivity index (χ4v) is 1.70. The van der Waals surface area contributed by atoms with Gasteiger partial charge in [0.1, 0.15) is 10.9 Å².